The quantitative estimate of drug-likeness (QED) is 0.759. The van der Waals surface area contributed by atoms with Crippen molar-refractivity contribution < 1.29 is 9.13 Å². The maximum Gasteiger partial charge on any atom is 0.166 e. The van der Waals surface area contributed by atoms with E-state index in [-0.39, 0.29) is 30.6 Å². The molecular weight excluding hydrogens is 340 g/mol. The van der Waals surface area contributed by atoms with Crippen molar-refractivity contribution in [1.29, 1.82) is 0 Å². The van der Waals surface area contributed by atoms with Crippen LogP contribution in [0.5, 0.6) is 5.75 Å². The van der Waals surface area contributed by atoms with Crippen LogP contribution >= 0.6 is 24.8 Å². The Morgan fingerprint density at radius 2 is 1.87 bits per heavy atom. The topological polar surface area (TPSA) is 47.0 Å². The summed E-state index contributed by atoms with van der Waals surface area (Å²) in [5, 5.41) is 3.67. The van der Waals surface area contributed by atoms with Gasteiger partial charge >= 0.3 is 0 Å². The molecule has 0 fully saturated rings. The van der Waals surface area contributed by atoms with Crippen molar-refractivity contribution in [3.63, 3.8) is 0 Å². The third-order valence-electron chi connectivity index (χ3n) is 3.27. The second kappa shape index (κ2) is 7.94. The summed E-state index contributed by atoms with van der Waals surface area (Å²) >= 11 is 0. The number of nitrogens with zero attached hydrogens (tertiary/aromatic N) is 2. The fourth-order valence-corrected chi connectivity index (χ4v) is 2.15. The minimum Gasteiger partial charge on any atom is -0.497 e. The lowest BCUT2D eigenvalue weighted by Gasteiger charge is -2.06. The smallest absolute Gasteiger partial charge is 0.166 e. The average Bonchev–Trinajstić information content (AvgIpc) is 2.53. The van der Waals surface area contributed by atoms with Gasteiger partial charge in [-0.2, -0.15) is 0 Å². The number of rotatable bonds is 3. The molecule has 1 N–H and O–H groups in total. The van der Waals surface area contributed by atoms with E-state index in [2.05, 4.69) is 15.3 Å². The Hall–Kier alpha value is -2.11. The van der Waals surface area contributed by atoms with Crippen molar-refractivity contribution in [2.24, 2.45) is 0 Å². The number of fused-ring (bicyclic) bond motifs is 1. The Bertz CT molecular complexity index is 814. The van der Waals surface area contributed by atoms with E-state index in [0.29, 0.717) is 11.3 Å². The van der Waals surface area contributed by atoms with Crippen molar-refractivity contribution in [2.75, 3.05) is 19.5 Å². The van der Waals surface area contributed by atoms with Crippen LogP contribution in [-0.2, 0) is 0 Å². The third kappa shape index (κ3) is 3.81. The van der Waals surface area contributed by atoms with E-state index in [1.54, 1.807) is 20.4 Å². The lowest BCUT2D eigenvalue weighted by Crippen LogP contribution is -1.97. The van der Waals surface area contributed by atoms with Crippen LogP contribution in [-0.4, -0.2) is 24.1 Å². The summed E-state index contributed by atoms with van der Waals surface area (Å²) in [6.07, 6.45) is 1.60. The zero-order valence-corrected chi connectivity index (χ0v) is 14.2. The highest BCUT2D eigenvalue weighted by molar-refractivity contribution is 5.85. The number of aromatic nitrogens is 2. The average molecular weight is 356 g/mol. The van der Waals surface area contributed by atoms with E-state index in [9.17, 15) is 4.39 Å². The van der Waals surface area contributed by atoms with Crippen LogP contribution < -0.4 is 10.1 Å². The molecule has 2 heterocycles. The van der Waals surface area contributed by atoms with Crippen molar-refractivity contribution in [1.82, 2.24) is 9.97 Å². The Kier molecular flexibility index (Phi) is 6.54. The zero-order valence-electron chi connectivity index (χ0n) is 12.5. The predicted molar refractivity (Wildman–Crippen MR) is 95.5 cm³/mol. The number of anilines is 1. The van der Waals surface area contributed by atoms with Gasteiger partial charge in [-0.05, 0) is 30.3 Å². The largest absolute Gasteiger partial charge is 0.497 e. The molecular formula is C16H16Cl2FN3O. The number of halogens is 3. The summed E-state index contributed by atoms with van der Waals surface area (Å²) in [7, 11) is 3.26. The minimum absolute atomic E-state index is 0. The second-order valence-electron chi connectivity index (χ2n) is 4.56. The first-order valence-corrected chi connectivity index (χ1v) is 6.50. The molecule has 2 aromatic heterocycles. The van der Waals surface area contributed by atoms with Gasteiger partial charge in [0.15, 0.2) is 11.6 Å². The third-order valence-corrected chi connectivity index (χ3v) is 3.27. The first kappa shape index (κ1) is 18.9. The van der Waals surface area contributed by atoms with Gasteiger partial charge in [-0.25, -0.2) is 14.4 Å². The molecule has 4 nitrogen and oxygen atoms in total. The van der Waals surface area contributed by atoms with Gasteiger partial charge in [0, 0.05) is 24.2 Å². The van der Waals surface area contributed by atoms with Crippen LogP contribution in [0.25, 0.3) is 22.2 Å². The second-order valence-corrected chi connectivity index (χ2v) is 4.56. The maximum absolute atomic E-state index is 13.8. The molecule has 0 bridgehead atoms. The molecule has 0 radical (unpaired) electrons. The number of hydrogen-bond donors (Lipinski definition) is 1. The predicted octanol–water partition coefficient (Wildman–Crippen LogP) is 4.33. The molecule has 7 heteroatoms. The van der Waals surface area contributed by atoms with Gasteiger partial charge in [0.25, 0.3) is 0 Å². The number of nitrogens with one attached hydrogen (secondary N) is 1. The Morgan fingerprint density at radius 1 is 1.09 bits per heavy atom. The van der Waals surface area contributed by atoms with Crippen molar-refractivity contribution >= 4 is 41.5 Å². The number of ether oxygens (including phenoxy) is 1. The molecule has 0 atom stereocenters. The van der Waals surface area contributed by atoms with E-state index < -0.39 is 5.82 Å². The summed E-state index contributed by atoms with van der Waals surface area (Å²) in [6, 6.07) is 10.8. The number of benzene rings is 1. The molecule has 122 valence electrons. The fraction of sp³-hybridized carbons (Fsp3) is 0.125. The summed E-state index contributed by atoms with van der Waals surface area (Å²) in [5.41, 5.74) is 2.15. The van der Waals surface area contributed by atoms with Gasteiger partial charge in [-0.1, -0.05) is 6.07 Å². The molecule has 0 saturated carbocycles. The van der Waals surface area contributed by atoms with Crippen LogP contribution in [0, 0.1) is 5.82 Å². The summed E-state index contributed by atoms with van der Waals surface area (Å²) < 4.78 is 19.0. The Morgan fingerprint density at radius 3 is 2.52 bits per heavy atom. The highest BCUT2D eigenvalue weighted by Gasteiger charge is 2.07. The first-order chi connectivity index (χ1) is 10.2. The molecule has 23 heavy (non-hydrogen) atoms. The van der Waals surface area contributed by atoms with Crippen LogP contribution in [0.4, 0.5) is 10.2 Å². The van der Waals surface area contributed by atoms with E-state index in [4.69, 9.17) is 4.74 Å². The van der Waals surface area contributed by atoms with Gasteiger partial charge in [0.1, 0.15) is 5.75 Å². The fourth-order valence-electron chi connectivity index (χ4n) is 2.15. The summed E-state index contributed by atoms with van der Waals surface area (Å²) in [4.78, 5) is 8.57. The molecule has 1 aromatic carbocycles. The molecule has 0 saturated heterocycles. The van der Waals surface area contributed by atoms with E-state index >= 15 is 0 Å². The molecule has 0 unspecified atom stereocenters. The molecule has 0 aliphatic carbocycles. The number of methoxy groups -OCH3 is 1. The van der Waals surface area contributed by atoms with Gasteiger partial charge in [0.05, 0.1) is 18.3 Å². The monoisotopic (exact) mass is 355 g/mol. The zero-order chi connectivity index (χ0) is 14.8. The minimum atomic E-state index is -0.397. The highest BCUT2D eigenvalue weighted by Crippen LogP contribution is 2.25. The first-order valence-electron chi connectivity index (χ1n) is 6.50. The molecule has 0 spiro atoms. The van der Waals surface area contributed by atoms with Crippen LogP contribution in [0.2, 0.25) is 0 Å². The molecule has 0 aliphatic heterocycles. The highest BCUT2D eigenvalue weighted by atomic mass is 35.5. The lowest BCUT2D eigenvalue weighted by atomic mass is 10.1. The van der Waals surface area contributed by atoms with E-state index in [0.717, 1.165) is 16.7 Å². The maximum atomic E-state index is 13.8. The SMILES string of the molecule is CNc1ncc(-c2ccc3cc(OC)ccc3n2)cc1F.Cl.Cl. The van der Waals surface area contributed by atoms with Gasteiger partial charge in [-0.15, -0.1) is 24.8 Å². The standard InChI is InChI=1S/C16H14FN3O.2ClH/c1-18-16-13(17)8-11(9-19-16)15-5-3-10-7-12(21-2)4-6-14(10)20-15;;/h3-9H,1-2H3,(H,18,19);2*1H. The number of hydrogen-bond acceptors (Lipinski definition) is 4. The molecule has 3 rings (SSSR count). The lowest BCUT2D eigenvalue weighted by molar-refractivity contribution is 0.415. The molecule has 3 aromatic rings. The van der Waals surface area contributed by atoms with Crippen molar-refractivity contribution in [2.45, 2.75) is 0 Å². The molecule has 0 aliphatic rings. The summed E-state index contributed by atoms with van der Waals surface area (Å²) in [6.45, 7) is 0. The van der Waals surface area contributed by atoms with Crippen molar-refractivity contribution in [3.05, 3.63) is 48.4 Å². The van der Waals surface area contributed by atoms with Gasteiger partial charge in [-0.3, -0.25) is 0 Å². The Balaban J connectivity index is 0.00000132. The van der Waals surface area contributed by atoms with Gasteiger partial charge < -0.3 is 10.1 Å². The van der Waals surface area contributed by atoms with E-state index in [1.807, 2.05) is 30.3 Å². The van der Waals surface area contributed by atoms with E-state index in [1.165, 1.54) is 6.07 Å². The van der Waals surface area contributed by atoms with Crippen LogP contribution in [0.15, 0.2) is 42.6 Å². The number of pyridine rings is 2. The normalized spacial score (nSPS) is 9.70. The Labute approximate surface area is 145 Å². The molecule has 0 amide bonds. The summed E-state index contributed by atoms with van der Waals surface area (Å²) in [5.74, 6) is 0.610. The van der Waals surface area contributed by atoms with Crippen molar-refractivity contribution in [3.8, 4) is 17.0 Å². The van der Waals surface area contributed by atoms with Gasteiger partial charge in [0.2, 0.25) is 0 Å². The van der Waals surface area contributed by atoms with Crippen LogP contribution in [0.3, 0.4) is 0 Å². The van der Waals surface area contributed by atoms with Crippen LogP contribution in [0.1, 0.15) is 0 Å².